The maximum Gasteiger partial charge on any atom is 0.251 e. The van der Waals surface area contributed by atoms with Gasteiger partial charge in [-0.1, -0.05) is 36.0 Å². The molecule has 1 fully saturated rings. The summed E-state index contributed by atoms with van der Waals surface area (Å²) in [4.78, 5) is 21.4. The summed E-state index contributed by atoms with van der Waals surface area (Å²) >= 11 is 1.60. The number of amides is 1. The van der Waals surface area contributed by atoms with Crippen molar-refractivity contribution >= 4 is 28.8 Å². The van der Waals surface area contributed by atoms with Gasteiger partial charge in [-0.2, -0.15) is 0 Å². The maximum absolute atomic E-state index is 13.7. The van der Waals surface area contributed by atoms with Gasteiger partial charge >= 0.3 is 0 Å². The van der Waals surface area contributed by atoms with Crippen molar-refractivity contribution in [2.24, 2.45) is 0 Å². The van der Waals surface area contributed by atoms with Crippen LogP contribution >= 0.6 is 11.8 Å². The van der Waals surface area contributed by atoms with Crippen molar-refractivity contribution in [2.75, 3.05) is 0 Å². The molecule has 0 bridgehead atoms. The molecule has 5 nitrogen and oxygen atoms in total. The largest absolute Gasteiger partial charge is 0.349 e. The summed E-state index contributed by atoms with van der Waals surface area (Å²) in [5, 5.41) is 3.83. The van der Waals surface area contributed by atoms with Crippen molar-refractivity contribution in [1.82, 2.24) is 19.9 Å². The van der Waals surface area contributed by atoms with Crippen LogP contribution in [0, 0.1) is 5.82 Å². The molecule has 2 aromatic carbocycles. The second-order valence-corrected chi connectivity index (χ2v) is 8.63. The molecule has 156 valence electrons. The van der Waals surface area contributed by atoms with Gasteiger partial charge in [0.1, 0.15) is 11.3 Å². The van der Waals surface area contributed by atoms with E-state index in [9.17, 15) is 9.18 Å². The van der Waals surface area contributed by atoms with Gasteiger partial charge in [-0.25, -0.2) is 14.4 Å². The van der Waals surface area contributed by atoms with Crippen molar-refractivity contribution < 1.29 is 9.18 Å². The van der Waals surface area contributed by atoms with Crippen LogP contribution in [0.2, 0.25) is 0 Å². The van der Waals surface area contributed by atoms with Gasteiger partial charge in [0.15, 0.2) is 10.8 Å². The molecule has 1 aliphatic carbocycles. The molecule has 1 N–H and O–H groups in total. The number of rotatable bonds is 7. The molecule has 1 saturated carbocycles. The van der Waals surface area contributed by atoms with Gasteiger partial charge in [0.25, 0.3) is 5.91 Å². The summed E-state index contributed by atoms with van der Waals surface area (Å²) in [6, 6.07) is 18.4. The number of pyridine rings is 1. The monoisotopic (exact) mass is 432 g/mol. The molecule has 0 unspecified atom stereocenters. The van der Waals surface area contributed by atoms with E-state index in [2.05, 4.69) is 10.3 Å². The molecular formula is C24H21FN4OS. The Balaban J connectivity index is 1.34. The fourth-order valence-corrected chi connectivity index (χ4v) is 4.36. The minimum absolute atomic E-state index is 0.00957. The number of nitrogens with one attached hydrogen (secondary N) is 1. The van der Waals surface area contributed by atoms with Gasteiger partial charge in [0.05, 0.1) is 6.54 Å². The molecule has 7 heteroatoms. The highest BCUT2D eigenvalue weighted by atomic mass is 32.2. The SMILES string of the molecule is O=C(NC1CC1)c1ccc(CSc2nc3cccnc3n2Cc2cccc(F)c2)cc1. The molecule has 1 amide bonds. The lowest BCUT2D eigenvalue weighted by atomic mass is 10.1. The molecule has 0 spiro atoms. The van der Waals surface area contributed by atoms with Gasteiger partial charge in [0.2, 0.25) is 0 Å². The molecule has 1 aliphatic rings. The zero-order valence-corrected chi connectivity index (χ0v) is 17.6. The lowest BCUT2D eigenvalue weighted by Crippen LogP contribution is -2.25. The van der Waals surface area contributed by atoms with Crippen LogP contribution in [0.1, 0.15) is 34.3 Å². The average Bonchev–Trinajstić information content (AvgIpc) is 3.53. The Hall–Kier alpha value is -3.19. The Morgan fingerprint density at radius 1 is 1.10 bits per heavy atom. The van der Waals surface area contributed by atoms with Gasteiger partial charge in [-0.3, -0.25) is 9.36 Å². The standard InChI is InChI=1S/C24H21FN4OS/c25-19-4-1-3-17(13-19)14-29-22-21(5-2-12-26-22)28-24(29)31-15-16-6-8-18(9-7-16)23(30)27-20-10-11-20/h1-9,12-13,20H,10-11,14-15H2,(H,27,30). The lowest BCUT2D eigenvalue weighted by Gasteiger charge is -2.09. The molecule has 5 rings (SSSR count). The Kier molecular flexibility index (Phi) is 5.42. The first-order valence-electron chi connectivity index (χ1n) is 10.2. The summed E-state index contributed by atoms with van der Waals surface area (Å²) in [6.07, 6.45) is 3.89. The van der Waals surface area contributed by atoms with Crippen molar-refractivity contribution in [3.05, 3.63) is 89.4 Å². The molecule has 0 aliphatic heterocycles. The predicted molar refractivity (Wildman–Crippen MR) is 120 cm³/mol. The van der Waals surface area contributed by atoms with Crippen LogP contribution < -0.4 is 5.32 Å². The van der Waals surface area contributed by atoms with Gasteiger partial charge in [-0.05, 0) is 60.4 Å². The summed E-state index contributed by atoms with van der Waals surface area (Å²) in [7, 11) is 0. The van der Waals surface area contributed by atoms with Crippen molar-refractivity contribution in [3.63, 3.8) is 0 Å². The van der Waals surface area contributed by atoms with Crippen LogP contribution in [0.3, 0.4) is 0 Å². The maximum atomic E-state index is 13.7. The molecule has 0 radical (unpaired) electrons. The fourth-order valence-electron chi connectivity index (χ4n) is 3.40. The van der Waals surface area contributed by atoms with E-state index in [1.54, 1.807) is 24.0 Å². The molecule has 2 heterocycles. The smallest absolute Gasteiger partial charge is 0.251 e. The number of carbonyl (C=O) groups is 1. The summed E-state index contributed by atoms with van der Waals surface area (Å²) in [5.41, 5.74) is 4.24. The minimum Gasteiger partial charge on any atom is -0.349 e. The first-order chi connectivity index (χ1) is 15.2. The highest BCUT2D eigenvalue weighted by Gasteiger charge is 2.23. The summed E-state index contributed by atoms with van der Waals surface area (Å²) in [5.74, 6) is 0.441. The van der Waals surface area contributed by atoms with E-state index in [4.69, 9.17) is 4.98 Å². The number of hydrogen-bond acceptors (Lipinski definition) is 4. The molecule has 2 aromatic heterocycles. The number of thioether (sulfide) groups is 1. The Labute approximate surface area is 183 Å². The second kappa shape index (κ2) is 8.51. The number of halogens is 1. The third-order valence-electron chi connectivity index (χ3n) is 5.20. The number of imidazole rings is 1. The fraction of sp³-hybridized carbons (Fsp3) is 0.208. The molecule has 31 heavy (non-hydrogen) atoms. The number of hydrogen-bond donors (Lipinski definition) is 1. The van der Waals surface area contributed by atoms with Crippen molar-refractivity contribution in [2.45, 2.75) is 36.3 Å². The molecular weight excluding hydrogens is 411 g/mol. The number of carbonyl (C=O) groups excluding carboxylic acids is 1. The quantitative estimate of drug-likeness (QED) is 0.426. The topological polar surface area (TPSA) is 59.8 Å². The zero-order chi connectivity index (χ0) is 21.2. The first-order valence-corrected chi connectivity index (χ1v) is 11.2. The Morgan fingerprint density at radius 2 is 1.94 bits per heavy atom. The highest BCUT2D eigenvalue weighted by Crippen LogP contribution is 2.27. The van der Waals surface area contributed by atoms with E-state index in [1.807, 2.05) is 47.0 Å². The van der Waals surface area contributed by atoms with E-state index in [0.29, 0.717) is 23.9 Å². The molecule has 0 saturated heterocycles. The lowest BCUT2D eigenvalue weighted by molar-refractivity contribution is 0.0951. The first kappa shape index (κ1) is 19.8. The number of benzene rings is 2. The highest BCUT2D eigenvalue weighted by molar-refractivity contribution is 7.98. The van der Waals surface area contributed by atoms with Crippen LogP contribution in [0.5, 0.6) is 0 Å². The van der Waals surface area contributed by atoms with Crippen LogP contribution in [0.25, 0.3) is 11.2 Å². The number of nitrogens with zero attached hydrogens (tertiary/aromatic N) is 3. The zero-order valence-electron chi connectivity index (χ0n) is 16.8. The van der Waals surface area contributed by atoms with Crippen LogP contribution in [0.15, 0.2) is 72.0 Å². The van der Waals surface area contributed by atoms with Gasteiger partial charge < -0.3 is 5.32 Å². The second-order valence-electron chi connectivity index (χ2n) is 7.69. The van der Waals surface area contributed by atoms with E-state index < -0.39 is 0 Å². The number of fused-ring (bicyclic) bond motifs is 1. The van der Waals surface area contributed by atoms with E-state index >= 15 is 0 Å². The summed E-state index contributed by atoms with van der Waals surface area (Å²) in [6.45, 7) is 0.494. The molecule has 4 aromatic rings. The van der Waals surface area contributed by atoms with E-state index in [1.165, 1.54) is 12.1 Å². The van der Waals surface area contributed by atoms with Gasteiger partial charge in [0, 0.05) is 23.6 Å². The van der Waals surface area contributed by atoms with Crippen molar-refractivity contribution in [1.29, 1.82) is 0 Å². The Morgan fingerprint density at radius 3 is 2.71 bits per heavy atom. The summed E-state index contributed by atoms with van der Waals surface area (Å²) < 4.78 is 15.7. The Bertz CT molecular complexity index is 1230. The van der Waals surface area contributed by atoms with Crippen LogP contribution in [-0.4, -0.2) is 26.5 Å². The molecule has 0 atom stereocenters. The minimum atomic E-state index is -0.255. The predicted octanol–water partition coefficient (Wildman–Crippen LogP) is 4.80. The third kappa shape index (κ3) is 4.61. The van der Waals surface area contributed by atoms with Crippen LogP contribution in [0.4, 0.5) is 4.39 Å². The van der Waals surface area contributed by atoms with Crippen LogP contribution in [-0.2, 0) is 12.3 Å². The van der Waals surface area contributed by atoms with E-state index in [-0.39, 0.29) is 11.7 Å². The number of aromatic nitrogens is 3. The average molecular weight is 433 g/mol. The third-order valence-corrected chi connectivity index (χ3v) is 6.24. The van der Waals surface area contributed by atoms with Gasteiger partial charge in [-0.15, -0.1) is 0 Å². The normalized spacial score (nSPS) is 13.5. The van der Waals surface area contributed by atoms with E-state index in [0.717, 1.165) is 40.3 Å². The van der Waals surface area contributed by atoms with Crippen molar-refractivity contribution in [3.8, 4) is 0 Å².